The van der Waals surface area contributed by atoms with Crippen molar-refractivity contribution >= 4 is 15.9 Å². The third-order valence-corrected chi connectivity index (χ3v) is 3.80. The average molecular weight is 290 g/mol. The zero-order chi connectivity index (χ0) is 14.6. The third kappa shape index (κ3) is 3.93. The fourth-order valence-corrected chi connectivity index (χ4v) is 2.76. The molecule has 0 amide bonds. The molecule has 2 aromatic rings. The summed E-state index contributed by atoms with van der Waals surface area (Å²) in [6.45, 7) is 1.45. The monoisotopic (exact) mass is 290 g/mol. The molecule has 0 heterocycles. The zero-order valence-corrected chi connectivity index (χ0v) is 11.8. The predicted octanol–water partition coefficient (Wildman–Crippen LogP) is 2.80. The fourth-order valence-electron chi connectivity index (χ4n) is 1.70. The minimum atomic E-state index is -3.71. The topological polar surface area (TPSA) is 60.4 Å². The number of carbonyl (C=O) groups excluding carboxylic acids is 1. The van der Waals surface area contributed by atoms with E-state index in [1.807, 2.05) is 6.07 Å². The van der Waals surface area contributed by atoms with E-state index in [0.717, 1.165) is 0 Å². The van der Waals surface area contributed by atoms with Crippen molar-refractivity contribution in [3.05, 3.63) is 65.7 Å². The van der Waals surface area contributed by atoms with Gasteiger partial charge in [0.1, 0.15) is 11.5 Å². The van der Waals surface area contributed by atoms with Gasteiger partial charge in [-0.1, -0.05) is 30.3 Å². The molecule has 0 saturated carbocycles. The number of benzene rings is 2. The van der Waals surface area contributed by atoms with E-state index in [1.165, 1.54) is 31.2 Å². The Labute approximate surface area is 118 Å². The Morgan fingerprint density at radius 2 is 1.60 bits per heavy atom. The highest BCUT2D eigenvalue weighted by atomic mass is 32.2. The molecule has 0 aliphatic heterocycles. The van der Waals surface area contributed by atoms with Crippen LogP contribution in [0.4, 0.5) is 0 Å². The molecule has 0 unspecified atom stereocenters. The molecule has 0 fully saturated rings. The second kappa shape index (κ2) is 5.88. The molecule has 0 aromatic heterocycles. The van der Waals surface area contributed by atoms with Gasteiger partial charge in [0.25, 0.3) is 0 Å². The summed E-state index contributed by atoms with van der Waals surface area (Å²) in [4.78, 5) is 11.1. The van der Waals surface area contributed by atoms with Crippen LogP contribution in [0.15, 0.2) is 54.6 Å². The fraction of sp³-hybridized carbons (Fsp3) is 0.133. The van der Waals surface area contributed by atoms with Crippen LogP contribution in [0.2, 0.25) is 0 Å². The lowest BCUT2D eigenvalue weighted by molar-refractivity contribution is 0.101. The highest BCUT2D eigenvalue weighted by molar-refractivity contribution is 7.86. The van der Waals surface area contributed by atoms with E-state index in [2.05, 4.69) is 0 Å². The Kier molecular flexibility index (Phi) is 4.20. The molecule has 5 heteroatoms. The first-order valence-corrected chi connectivity index (χ1v) is 7.61. The van der Waals surface area contributed by atoms with Crippen LogP contribution in [-0.4, -0.2) is 14.2 Å². The minimum absolute atomic E-state index is 0.0799. The summed E-state index contributed by atoms with van der Waals surface area (Å²) in [6.07, 6.45) is 0. The number of rotatable bonds is 5. The van der Waals surface area contributed by atoms with Crippen molar-refractivity contribution in [2.75, 3.05) is 0 Å². The number of ketones is 1. The van der Waals surface area contributed by atoms with E-state index in [1.54, 1.807) is 24.3 Å². The van der Waals surface area contributed by atoms with Gasteiger partial charge in [-0.3, -0.25) is 4.79 Å². The lowest BCUT2D eigenvalue weighted by Gasteiger charge is -2.07. The molecule has 0 radical (unpaired) electrons. The maximum absolute atomic E-state index is 11.9. The molecule has 0 N–H and O–H groups in total. The second-order valence-corrected chi connectivity index (χ2v) is 5.92. The van der Waals surface area contributed by atoms with Gasteiger partial charge in [-0.15, -0.1) is 0 Å². The molecule has 0 atom stereocenters. The lowest BCUT2D eigenvalue weighted by Crippen LogP contribution is -2.12. The predicted molar refractivity (Wildman–Crippen MR) is 76.1 cm³/mol. The van der Waals surface area contributed by atoms with Gasteiger partial charge < -0.3 is 4.18 Å². The number of hydrogen-bond donors (Lipinski definition) is 0. The van der Waals surface area contributed by atoms with Crippen LogP contribution in [0.3, 0.4) is 0 Å². The number of Topliss-reactive ketones (excluding diaryl/α,β-unsaturated/α-hetero) is 1. The van der Waals surface area contributed by atoms with E-state index < -0.39 is 10.1 Å². The van der Waals surface area contributed by atoms with Crippen LogP contribution in [0.5, 0.6) is 5.75 Å². The summed E-state index contributed by atoms with van der Waals surface area (Å²) in [5.41, 5.74) is 1.17. The van der Waals surface area contributed by atoms with Crippen molar-refractivity contribution in [1.82, 2.24) is 0 Å². The highest BCUT2D eigenvalue weighted by Gasteiger charge is 2.14. The Balaban J connectivity index is 2.10. The van der Waals surface area contributed by atoms with Gasteiger partial charge in [-0.2, -0.15) is 8.42 Å². The Morgan fingerprint density at radius 1 is 1.00 bits per heavy atom. The first-order valence-electron chi connectivity index (χ1n) is 6.03. The van der Waals surface area contributed by atoms with E-state index >= 15 is 0 Å². The van der Waals surface area contributed by atoms with E-state index in [4.69, 9.17) is 4.18 Å². The normalized spacial score (nSPS) is 11.1. The summed E-state index contributed by atoms with van der Waals surface area (Å²) >= 11 is 0. The third-order valence-electron chi connectivity index (χ3n) is 2.67. The van der Waals surface area contributed by atoms with Crippen molar-refractivity contribution in [1.29, 1.82) is 0 Å². The Morgan fingerprint density at radius 3 is 2.15 bits per heavy atom. The molecular weight excluding hydrogens is 276 g/mol. The maximum Gasteiger partial charge on any atom is 0.313 e. The Hall–Kier alpha value is -2.14. The quantitative estimate of drug-likeness (QED) is 0.627. The van der Waals surface area contributed by atoms with Crippen LogP contribution in [0.1, 0.15) is 22.8 Å². The van der Waals surface area contributed by atoms with Crippen molar-refractivity contribution in [2.24, 2.45) is 0 Å². The van der Waals surface area contributed by atoms with Gasteiger partial charge in [0.15, 0.2) is 5.78 Å². The molecule has 104 valence electrons. The molecule has 0 aliphatic rings. The molecule has 0 aliphatic carbocycles. The standard InChI is InChI=1S/C15H14O4S/c1-12(16)14-7-9-15(10-8-14)19-20(17,18)11-13-5-3-2-4-6-13/h2-10H,11H2,1H3. The lowest BCUT2D eigenvalue weighted by atomic mass is 10.1. The van der Waals surface area contributed by atoms with Crippen LogP contribution in [-0.2, 0) is 15.9 Å². The first-order chi connectivity index (χ1) is 9.46. The molecule has 4 nitrogen and oxygen atoms in total. The SMILES string of the molecule is CC(=O)c1ccc(OS(=O)(=O)Cc2ccccc2)cc1. The van der Waals surface area contributed by atoms with Gasteiger partial charge in [-0.05, 0) is 36.8 Å². The van der Waals surface area contributed by atoms with Crippen LogP contribution in [0, 0.1) is 0 Å². The van der Waals surface area contributed by atoms with E-state index in [0.29, 0.717) is 11.1 Å². The summed E-state index contributed by atoms with van der Waals surface area (Å²) < 4.78 is 28.8. The Bertz CT molecular complexity index is 688. The van der Waals surface area contributed by atoms with E-state index in [-0.39, 0.29) is 17.3 Å². The van der Waals surface area contributed by atoms with Gasteiger partial charge in [0, 0.05) is 5.56 Å². The molecule has 0 spiro atoms. The molecule has 0 saturated heterocycles. The molecule has 0 bridgehead atoms. The van der Waals surface area contributed by atoms with Crippen molar-refractivity contribution in [2.45, 2.75) is 12.7 Å². The summed E-state index contributed by atoms with van der Waals surface area (Å²) in [7, 11) is -3.71. The highest BCUT2D eigenvalue weighted by Crippen LogP contribution is 2.17. The van der Waals surface area contributed by atoms with Gasteiger partial charge in [0.05, 0.1) is 0 Å². The number of carbonyl (C=O) groups is 1. The smallest absolute Gasteiger partial charge is 0.313 e. The van der Waals surface area contributed by atoms with Crippen LogP contribution < -0.4 is 4.18 Å². The molecular formula is C15H14O4S. The summed E-state index contributed by atoms with van der Waals surface area (Å²) in [5.74, 6) is -0.0721. The first kappa shape index (κ1) is 14.3. The van der Waals surface area contributed by atoms with Gasteiger partial charge >= 0.3 is 10.1 Å². The van der Waals surface area contributed by atoms with Crippen molar-refractivity contribution < 1.29 is 17.4 Å². The molecule has 2 rings (SSSR count). The van der Waals surface area contributed by atoms with Gasteiger partial charge in [-0.25, -0.2) is 0 Å². The number of hydrogen-bond acceptors (Lipinski definition) is 4. The molecule has 2 aromatic carbocycles. The van der Waals surface area contributed by atoms with Gasteiger partial charge in [0.2, 0.25) is 0 Å². The summed E-state index contributed by atoms with van der Waals surface area (Å²) in [6, 6.07) is 14.8. The molecule has 20 heavy (non-hydrogen) atoms. The van der Waals surface area contributed by atoms with Crippen molar-refractivity contribution in [3.63, 3.8) is 0 Å². The van der Waals surface area contributed by atoms with Crippen LogP contribution >= 0.6 is 0 Å². The van der Waals surface area contributed by atoms with Crippen LogP contribution in [0.25, 0.3) is 0 Å². The minimum Gasteiger partial charge on any atom is -0.382 e. The average Bonchev–Trinajstić information content (AvgIpc) is 2.39. The maximum atomic E-state index is 11.9. The largest absolute Gasteiger partial charge is 0.382 e. The summed E-state index contributed by atoms with van der Waals surface area (Å²) in [5, 5.41) is 0. The second-order valence-electron chi connectivity index (χ2n) is 4.35. The van der Waals surface area contributed by atoms with E-state index in [9.17, 15) is 13.2 Å². The van der Waals surface area contributed by atoms with Crippen molar-refractivity contribution in [3.8, 4) is 5.75 Å². The zero-order valence-electron chi connectivity index (χ0n) is 10.9.